The Labute approximate surface area is 136 Å². The van der Waals surface area contributed by atoms with Crippen molar-refractivity contribution in [3.63, 3.8) is 0 Å². The van der Waals surface area contributed by atoms with E-state index in [1.54, 1.807) is 12.5 Å². The first kappa shape index (κ1) is 14.6. The molecular formula is C13H15BrClN5O. The van der Waals surface area contributed by atoms with Gasteiger partial charge in [0.05, 0.1) is 9.50 Å². The van der Waals surface area contributed by atoms with Gasteiger partial charge in [-0.25, -0.2) is 9.97 Å². The molecule has 0 aromatic carbocycles. The zero-order chi connectivity index (χ0) is 14.7. The van der Waals surface area contributed by atoms with Crippen LogP contribution in [0, 0.1) is 5.92 Å². The van der Waals surface area contributed by atoms with Crippen LogP contribution in [0.3, 0.4) is 0 Å². The molecule has 1 aliphatic carbocycles. The Hall–Kier alpha value is -1.34. The zero-order valence-electron chi connectivity index (χ0n) is 11.2. The fraction of sp³-hybridized carbons (Fsp3) is 0.462. The van der Waals surface area contributed by atoms with Gasteiger partial charge in [-0.3, -0.25) is 0 Å². The molecule has 1 fully saturated rings. The second-order valence-electron chi connectivity index (χ2n) is 5.07. The fourth-order valence-corrected chi connectivity index (χ4v) is 2.84. The lowest BCUT2D eigenvalue weighted by Gasteiger charge is -2.13. The SMILES string of the molecule is Clc1cc(NCC2CCC(On3cncn3)C2)ncc1Br. The summed E-state index contributed by atoms with van der Waals surface area (Å²) in [5, 5.41) is 7.94. The fourth-order valence-electron chi connectivity index (χ4n) is 2.47. The highest BCUT2D eigenvalue weighted by Gasteiger charge is 2.26. The highest BCUT2D eigenvalue weighted by Crippen LogP contribution is 2.28. The van der Waals surface area contributed by atoms with Crippen LogP contribution < -0.4 is 10.2 Å². The number of hydrogen-bond acceptors (Lipinski definition) is 5. The van der Waals surface area contributed by atoms with E-state index in [1.165, 1.54) is 11.2 Å². The van der Waals surface area contributed by atoms with E-state index in [4.69, 9.17) is 16.4 Å². The predicted octanol–water partition coefficient (Wildman–Crippen LogP) is 2.80. The third-order valence-corrected chi connectivity index (χ3v) is 4.70. The van der Waals surface area contributed by atoms with Crippen molar-refractivity contribution in [2.24, 2.45) is 5.92 Å². The second-order valence-corrected chi connectivity index (χ2v) is 6.33. The monoisotopic (exact) mass is 371 g/mol. The Balaban J connectivity index is 1.47. The maximum atomic E-state index is 6.05. The molecule has 0 saturated heterocycles. The number of pyridine rings is 1. The molecule has 1 N–H and O–H groups in total. The van der Waals surface area contributed by atoms with Crippen LogP contribution in [-0.2, 0) is 0 Å². The van der Waals surface area contributed by atoms with Gasteiger partial charge in [-0.1, -0.05) is 16.4 Å². The van der Waals surface area contributed by atoms with Crippen molar-refractivity contribution >= 4 is 33.3 Å². The van der Waals surface area contributed by atoms with Gasteiger partial charge in [0.15, 0.2) is 6.33 Å². The molecule has 8 heteroatoms. The minimum absolute atomic E-state index is 0.194. The molecule has 1 saturated carbocycles. The van der Waals surface area contributed by atoms with Gasteiger partial charge in [-0.15, -0.1) is 5.10 Å². The lowest BCUT2D eigenvalue weighted by atomic mass is 10.1. The molecule has 2 unspecified atom stereocenters. The van der Waals surface area contributed by atoms with Crippen LogP contribution in [0.15, 0.2) is 29.4 Å². The average Bonchev–Trinajstić information content (AvgIpc) is 3.13. The van der Waals surface area contributed by atoms with E-state index in [1.807, 2.05) is 6.07 Å². The predicted molar refractivity (Wildman–Crippen MR) is 83.2 cm³/mol. The quantitative estimate of drug-likeness (QED) is 0.874. The van der Waals surface area contributed by atoms with Crippen molar-refractivity contribution in [2.45, 2.75) is 25.4 Å². The number of anilines is 1. The minimum Gasteiger partial charge on any atom is -0.392 e. The molecule has 0 aliphatic heterocycles. The summed E-state index contributed by atoms with van der Waals surface area (Å²) >= 11 is 9.38. The summed E-state index contributed by atoms with van der Waals surface area (Å²) in [4.78, 5) is 15.3. The van der Waals surface area contributed by atoms with Crippen LogP contribution in [0.5, 0.6) is 0 Å². The molecule has 112 valence electrons. The Bertz CT molecular complexity index is 594. The van der Waals surface area contributed by atoms with Crippen molar-refractivity contribution in [1.29, 1.82) is 0 Å². The molecule has 6 nitrogen and oxygen atoms in total. The second kappa shape index (κ2) is 6.62. The van der Waals surface area contributed by atoms with Gasteiger partial charge in [0.25, 0.3) is 0 Å². The average molecular weight is 373 g/mol. The number of nitrogens with one attached hydrogen (secondary N) is 1. The van der Waals surface area contributed by atoms with Gasteiger partial charge in [-0.2, -0.15) is 0 Å². The van der Waals surface area contributed by atoms with Crippen LogP contribution in [0.25, 0.3) is 0 Å². The summed E-state index contributed by atoms with van der Waals surface area (Å²) < 4.78 is 0.803. The van der Waals surface area contributed by atoms with Gasteiger partial charge >= 0.3 is 0 Å². The molecule has 0 spiro atoms. The number of nitrogens with zero attached hydrogens (tertiary/aromatic N) is 4. The van der Waals surface area contributed by atoms with E-state index >= 15 is 0 Å². The standard InChI is InChI=1S/C13H15BrClN5O/c14-11-6-18-13(4-12(11)15)17-5-9-1-2-10(3-9)21-20-8-16-7-19-20/h4,6-10H,1-3,5H2,(H,17,18). The lowest BCUT2D eigenvalue weighted by molar-refractivity contribution is 0.0168. The molecule has 21 heavy (non-hydrogen) atoms. The third kappa shape index (κ3) is 3.85. The van der Waals surface area contributed by atoms with Gasteiger partial charge in [0.2, 0.25) is 0 Å². The van der Waals surface area contributed by atoms with E-state index in [9.17, 15) is 0 Å². The molecule has 2 atom stereocenters. The van der Waals surface area contributed by atoms with Gasteiger partial charge in [-0.05, 0) is 41.1 Å². The summed E-state index contributed by atoms with van der Waals surface area (Å²) in [7, 11) is 0. The van der Waals surface area contributed by atoms with Crippen molar-refractivity contribution in [3.05, 3.63) is 34.4 Å². The molecule has 0 amide bonds. The van der Waals surface area contributed by atoms with Gasteiger partial charge < -0.3 is 10.2 Å². The maximum absolute atomic E-state index is 6.05. The van der Waals surface area contributed by atoms with Crippen LogP contribution >= 0.6 is 27.5 Å². The van der Waals surface area contributed by atoms with Crippen molar-refractivity contribution in [2.75, 3.05) is 11.9 Å². The lowest BCUT2D eigenvalue weighted by Crippen LogP contribution is -2.23. The van der Waals surface area contributed by atoms with Gasteiger partial charge in [0, 0.05) is 18.8 Å². The number of halogens is 2. The third-order valence-electron chi connectivity index (χ3n) is 3.53. The van der Waals surface area contributed by atoms with Crippen molar-refractivity contribution < 1.29 is 4.84 Å². The Kier molecular flexibility index (Phi) is 4.60. The molecule has 2 heterocycles. The first-order valence-corrected chi connectivity index (χ1v) is 7.94. The normalized spacial score (nSPS) is 21.4. The maximum Gasteiger partial charge on any atom is 0.155 e. The van der Waals surface area contributed by atoms with Crippen LogP contribution in [0.1, 0.15) is 19.3 Å². The molecule has 1 aliphatic rings. The molecule has 0 bridgehead atoms. The first-order chi connectivity index (χ1) is 10.2. The van der Waals surface area contributed by atoms with Crippen molar-refractivity contribution in [3.8, 4) is 0 Å². The number of aromatic nitrogens is 4. The van der Waals surface area contributed by atoms with E-state index in [-0.39, 0.29) is 6.10 Å². The summed E-state index contributed by atoms with van der Waals surface area (Å²) in [5.74, 6) is 1.35. The Morgan fingerprint density at radius 3 is 3.14 bits per heavy atom. The highest BCUT2D eigenvalue weighted by molar-refractivity contribution is 9.10. The van der Waals surface area contributed by atoms with Crippen LogP contribution in [0.4, 0.5) is 5.82 Å². The van der Waals surface area contributed by atoms with Gasteiger partial charge in [0.1, 0.15) is 18.2 Å². The summed E-state index contributed by atoms with van der Waals surface area (Å²) in [5.41, 5.74) is 0. The Morgan fingerprint density at radius 1 is 1.48 bits per heavy atom. The molecule has 0 radical (unpaired) electrons. The first-order valence-electron chi connectivity index (χ1n) is 6.77. The zero-order valence-corrected chi connectivity index (χ0v) is 13.6. The van der Waals surface area contributed by atoms with Crippen molar-refractivity contribution in [1.82, 2.24) is 19.9 Å². The van der Waals surface area contributed by atoms with Crippen LogP contribution in [0.2, 0.25) is 5.02 Å². The largest absolute Gasteiger partial charge is 0.392 e. The van der Waals surface area contributed by atoms with E-state index in [2.05, 4.69) is 36.3 Å². The summed E-state index contributed by atoms with van der Waals surface area (Å²) in [6.07, 6.45) is 8.08. The topological polar surface area (TPSA) is 64.9 Å². The smallest absolute Gasteiger partial charge is 0.155 e. The summed E-state index contributed by atoms with van der Waals surface area (Å²) in [6, 6.07) is 1.82. The Morgan fingerprint density at radius 2 is 2.38 bits per heavy atom. The van der Waals surface area contributed by atoms with E-state index < -0.39 is 0 Å². The molecule has 2 aromatic rings. The highest BCUT2D eigenvalue weighted by atomic mass is 79.9. The van der Waals surface area contributed by atoms with E-state index in [0.29, 0.717) is 10.9 Å². The molecule has 2 aromatic heterocycles. The molecule has 3 rings (SSSR count). The number of rotatable bonds is 5. The minimum atomic E-state index is 0.194. The molecular weight excluding hydrogens is 358 g/mol. The van der Waals surface area contributed by atoms with E-state index in [0.717, 1.165) is 36.1 Å². The van der Waals surface area contributed by atoms with Crippen LogP contribution in [-0.4, -0.2) is 32.6 Å². The number of hydrogen-bond donors (Lipinski definition) is 1. The summed E-state index contributed by atoms with van der Waals surface area (Å²) in [6.45, 7) is 0.863.